The van der Waals surface area contributed by atoms with Gasteiger partial charge < -0.3 is 15.6 Å². The highest BCUT2D eigenvalue weighted by atomic mass is 127. The first kappa shape index (κ1) is 21.7. The van der Waals surface area contributed by atoms with Crippen molar-refractivity contribution in [1.29, 1.82) is 0 Å². The van der Waals surface area contributed by atoms with Crippen molar-refractivity contribution >= 4 is 52.3 Å². The topological polar surface area (TPSA) is 65.1 Å². The third-order valence-electron chi connectivity index (χ3n) is 4.29. The smallest absolute Gasteiger partial charge is 0.190 e. The number of aliphatic imine (C=N–C) groups is 1. The fourth-order valence-corrected chi connectivity index (χ4v) is 3.79. The molecular weight excluding hydrogens is 469 g/mol. The normalized spacial score (nSPS) is 12.6. The van der Waals surface area contributed by atoms with Crippen molar-refractivity contribution in [2.45, 2.75) is 26.2 Å². The number of imidazole rings is 1. The number of rotatable bonds is 8. The van der Waals surface area contributed by atoms with Crippen LogP contribution in [0, 0.1) is 5.92 Å². The van der Waals surface area contributed by atoms with Gasteiger partial charge in [-0.15, -0.1) is 35.3 Å². The van der Waals surface area contributed by atoms with Gasteiger partial charge in [0.15, 0.2) is 5.96 Å². The maximum absolute atomic E-state index is 4.62. The molecule has 0 aliphatic heterocycles. The number of benzene rings is 1. The molecule has 3 rings (SSSR count). The molecule has 1 atom stereocenters. The van der Waals surface area contributed by atoms with E-state index < -0.39 is 0 Å². The van der Waals surface area contributed by atoms with Crippen LogP contribution in [0.25, 0.3) is 11.0 Å². The summed E-state index contributed by atoms with van der Waals surface area (Å²) in [5.41, 5.74) is 2.14. The van der Waals surface area contributed by atoms with Crippen molar-refractivity contribution < 1.29 is 0 Å². The molecule has 0 amide bonds. The Balaban J connectivity index is 0.00000261. The third-order valence-corrected chi connectivity index (χ3v) is 5.19. The quantitative estimate of drug-likeness (QED) is 0.189. The van der Waals surface area contributed by atoms with Crippen LogP contribution in [0.2, 0.25) is 0 Å². The van der Waals surface area contributed by atoms with Gasteiger partial charge in [0.1, 0.15) is 5.82 Å². The Hall–Kier alpha value is -1.61. The molecule has 1 aromatic carbocycles. The van der Waals surface area contributed by atoms with E-state index in [2.05, 4.69) is 56.1 Å². The van der Waals surface area contributed by atoms with Crippen LogP contribution in [0.4, 0.5) is 0 Å². The number of hydrogen-bond acceptors (Lipinski definition) is 3. The zero-order chi connectivity index (χ0) is 18.2. The zero-order valence-electron chi connectivity index (χ0n) is 15.9. The summed E-state index contributed by atoms with van der Waals surface area (Å²) >= 11 is 1.82. The molecule has 0 saturated carbocycles. The SMILES string of the molecule is CN=C(NCCCc1nc2ccccc2[nH]1)NCC(C)Cc1cccs1.I. The molecule has 0 spiro atoms. The van der Waals surface area contributed by atoms with Gasteiger partial charge in [-0.2, -0.15) is 0 Å². The monoisotopic (exact) mass is 497 g/mol. The summed E-state index contributed by atoms with van der Waals surface area (Å²) in [6.07, 6.45) is 3.03. The standard InChI is InChI=1S/C20H27N5S.HI/c1-15(13-16-7-6-12-26-16)14-23-20(21-2)22-11-5-10-19-24-17-8-3-4-9-18(17)25-19;/h3-4,6-9,12,15H,5,10-11,13-14H2,1-2H3,(H,24,25)(H2,21,22,23);1H. The predicted octanol–water partition coefficient (Wildman–Crippen LogP) is 4.22. The molecular formula is C20H28IN5S. The molecule has 27 heavy (non-hydrogen) atoms. The second kappa shape index (κ2) is 11.3. The maximum Gasteiger partial charge on any atom is 0.190 e. The fraction of sp³-hybridized carbons (Fsp3) is 0.400. The molecule has 2 aromatic heterocycles. The van der Waals surface area contributed by atoms with Gasteiger partial charge in [-0.05, 0) is 42.3 Å². The molecule has 5 nitrogen and oxygen atoms in total. The molecule has 0 radical (unpaired) electrons. The highest BCUT2D eigenvalue weighted by Gasteiger charge is 2.06. The number of aryl methyl sites for hydroxylation is 1. The van der Waals surface area contributed by atoms with Crippen LogP contribution in [0.1, 0.15) is 24.0 Å². The fourth-order valence-electron chi connectivity index (χ4n) is 2.92. The second-order valence-corrected chi connectivity index (χ2v) is 7.60. The van der Waals surface area contributed by atoms with Gasteiger partial charge in [0.2, 0.25) is 0 Å². The van der Waals surface area contributed by atoms with Crippen molar-refractivity contribution in [3.05, 3.63) is 52.5 Å². The first-order valence-electron chi connectivity index (χ1n) is 9.15. The first-order valence-corrected chi connectivity index (χ1v) is 10.0. The van der Waals surface area contributed by atoms with Crippen molar-refractivity contribution in [3.8, 4) is 0 Å². The number of para-hydroxylation sites is 2. The summed E-state index contributed by atoms with van der Waals surface area (Å²) < 4.78 is 0. The van der Waals surface area contributed by atoms with Gasteiger partial charge in [-0.1, -0.05) is 25.1 Å². The zero-order valence-corrected chi connectivity index (χ0v) is 19.0. The summed E-state index contributed by atoms with van der Waals surface area (Å²) in [6, 6.07) is 12.5. The molecule has 7 heteroatoms. The number of aromatic nitrogens is 2. The Kier molecular flexibility index (Phi) is 9.06. The maximum atomic E-state index is 4.62. The average molecular weight is 497 g/mol. The third kappa shape index (κ3) is 6.80. The van der Waals surface area contributed by atoms with Crippen LogP contribution in [-0.2, 0) is 12.8 Å². The highest BCUT2D eigenvalue weighted by Crippen LogP contribution is 2.14. The summed E-state index contributed by atoms with van der Waals surface area (Å²) in [5.74, 6) is 2.48. The number of fused-ring (bicyclic) bond motifs is 1. The van der Waals surface area contributed by atoms with Gasteiger partial charge >= 0.3 is 0 Å². The number of H-pyrrole nitrogens is 1. The lowest BCUT2D eigenvalue weighted by atomic mass is 10.1. The molecule has 0 aliphatic carbocycles. The molecule has 0 saturated heterocycles. The first-order chi connectivity index (χ1) is 12.7. The summed E-state index contributed by atoms with van der Waals surface area (Å²) in [7, 11) is 1.82. The van der Waals surface area contributed by atoms with Gasteiger partial charge in [0.05, 0.1) is 11.0 Å². The second-order valence-electron chi connectivity index (χ2n) is 6.57. The van der Waals surface area contributed by atoms with E-state index in [0.717, 1.165) is 55.2 Å². The summed E-state index contributed by atoms with van der Waals surface area (Å²) in [5, 5.41) is 8.95. The number of thiophene rings is 1. The highest BCUT2D eigenvalue weighted by molar-refractivity contribution is 14.0. The summed E-state index contributed by atoms with van der Waals surface area (Å²) in [4.78, 5) is 13.7. The Morgan fingerprint density at radius 2 is 2.07 bits per heavy atom. The Bertz CT molecular complexity index is 795. The van der Waals surface area contributed by atoms with E-state index in [1.165, 1.54) is 4.88 Å². The molecule has 3 aromatic rings. The predicted molar refractivity (Wildman–Crippen MR) is 126 cm³/mol. The minimum absolute atomic E-state index is 0. The van der Waals surface area contributed by atoms with Crippen LogP contribution in [0.15, 0.2) is 46.8 Å². The minimum atomic E-state index is 0. The van der Waals surface area contributed by atoms with Gasteiger partial charge in [-0.25, -0.2) is 4.98 Å². The van der Waals surface area contributed by atoms with E-state index in [1.807, 2.05) is 36.6 Å². The van der Waals surface area contributed by atoms with Crippen molar-refractivity contribution in [3.63, 3.8) is 0 Å². The molecule has 0 aliphatic rings. The minimum Gasteiger partial charge on any atom is -0.356 e. The van der Waals surface area contributed by atoms with Gasteiger partial charge in [0, 0.05) is 31.4 Å². The lowest BCUT2D eigenvalue weighted by Gasteiger charge is -2.15. The van der Waals surface area contributed by atoms with Gasteiger partial charge in [0.25, 0.3) is 0 Å². The van der Waals surface area contributed by atoms with Crippen LogP contribution in [0.5, 0.6) is 0 Å². The van der Waals surface area contributed by atoms with Crippen LogP contribution in [-0.4, -0.2) is 36.1 Å². The number of aromatic amines is 1. The van der Waals surface area contributed by atoms with Crippen molar-refractivity contribution in [2.75, 3.05) is 20.1 Å². The van der Waals surface area contributed by atoms with E-state index in [-0.39, 0.29) is 24.0 Å². The Labute approximate surface area is 182 Å². The molecule has 2 heterocycles. The lowest BCUT2D eigenvalue weighted by Crippen LogP contribution is -2.40. The largest absolute Gasteiger partial charge is 0.356 e. The van der Waals surface area contributed by atoms with E-state index in [4.69, 9.17) is 0 Å². The van der Waals surface area contributed by atoms with E-state index in [9.17, 15) is 0 Å². The van der Waals surface area contributed by atoms with Crippen molar-refractivity contribution in [2.24, 2.45) is 10.9 Å². The number of nitrogens with one attached hydrogen (secondary N) is 3. The van der Waals surface area contributed by atoms with Gasteiger partial charge in [-0.3, -0.25) is 4.99 Å². The van der Waals surface area contributed by atoms with Crippen LogP contribution < -0.4 is 10.6 Å². The molecule has 0 bridgehead atoms. The Morgan fingerprint density at radius 1 is 1.22 bits per heavy atom. The molecule has 146 valence electrons. The van der Waals surface area contributed by atoms with E-state index >= 15 is 0 Å². The van der Waals surface area contributed by atoms with Crippen LogP contribution >= 0.6 is 35.3 Å². The number of nitrogens with zero attached hydrogens (tertiary/aromatic N) is 2. The average Bonchev–Trinajstić information content (AvgIpc) is 3.30. The molecule has 3 N–H and O–H groups in total. The van der Waals surface area contributed by atoms with Crippen LogP contribution in [0.3, 0.4) is 0 Å². The molecule has 0 fully saturated rings. The Morgan fingerprint density at radius 3 is 2.81 bits per heavy atom. The molecule has 1 unspecified atom stereocenters. The summed E-state index contributed by atoms with van der Waals surface area (Å²) in [6.45, 7) is 4.05. The van der Waals surface area contributed by atoms with Crippen molar-refractivity contribution in [1.82, 2.24) is 20.6 Å². The number of hydrogen-bond donors (Lipinski definition) is 3. The van der Waals surface area contributed by atoms with E-state index in [1.54, 1.807) is 0 Å². The van der Waals surface area contributed by atoms with E-state index in [0.29, 0.717) is 5.92 Å². The number of halogens is 1. The number of guanidine groups is 1. The lowest BCUT2D eigenvalue weighted by molar-refractivity contribution is 0.561.